The zero-order chi connectivity index (χ0) is 16.1. The Hall–Kier alpha value is -2.56. The maximum absolute atomic E-state index is 12.5. The maximum Gasteiger partial charge on any atom is 0.322 e. The van der Waals surface area contributed by atoms with Crippen molar-refractivity contribution < 1.29 is 9.53 Å². The summed E-state index contributed by atoms with van der Waals surface area (Å²) in [5.74, 6) is 0.862. The number of nitrogens with one attached hydrogen (secondary N) is 1. The molecule has 5 nitrogen and oxygen atoms in total. The van der Waals surface area contributed by atoms with E-state index in [4.69, 9.17) is 4.74 Å². The van der Waals surface area contributed by atoms with Crippen LogP contribution in [0.2, 0.25) is 0 Å². The van der Waals surface area contributed by atoms with E-state index >= 15 is 0 Å². The third kappa shape index (κ3) is 3.62. The van der Waals surface area contributed by atoms with Crippen molar-refractivity contribution in [3.8, 4) is 5.75 Å². The monoisotopic (exact) mass is 311 g/mol. The summed E-state index contributed by atoms with van der Waals surface area (Å²) in [6.07, 6.45) is 5.33. The van der Waals surface area contributed by atoms with Crippen LogP contribution in [0.3, 0.4) is 0 Å². The van der Waals surface area contributed by atoms with Gasteiger partial charge >= 0.3 is 6.03 Å². The minimum absolute atomic E-state index is 0.0746. The first-order valence-electron chi connectivity index (χ1n) is 7.98. The second kappa shape index (κ2) is 7.13. The zero-order valence-corrected chi connectivity index (χ0v) is 13.2. The van der Waals surface area contributed by atoms with Crippen LogP contribution in [-0.4, -0.2) is 29.1 Å². The average molecular weight is 311 g/mol. The number of ether oxygens (including phenoxy) is 1. The van der Waals surface area contributed by atoms with Gasteiger partial charge in [-0.05, 0) is 49.6 Å². The van der Waals surface area contributed by atoms with Crippen molar-refractivity contribution in [1.29, 1.82) is 0 Å². The molecule has 120 valence electrons. The van der Waals surface area contributed by atoms with Crippen LogP contribution in [0.15, 0.2) is 48.8 Å². The first-order valence-corrected chi connectivity index (χ1v) is 7.98. The van der Waals surface area contributed by atoms with Crippen LogP contribution in [0.4, 0.5) is 10.5 Å². The van der Waals surface area contributed by atoms with E-state index in [0.29, 0.717) is 6.61 Å². The lowest BCUT2D eigenvalue weighted by Crippen LogP contribution is -2.34. The van der Waals surface area contributed by atoms with Crippen LogP contribution in [-0.2, 0) is 0 Å². The highest BCUT2D eigenvalue weighted by Gasteiger charge is 2.30. The Balaban J connectivity index is 1.70. The Labute approximate surface area is 136 Å². The number of carbonyl (C=O) groups is 1. The summed E-state index contributed by atoms with van der Waals surface area (Å²) in [7, 11) is 0. The summed E-state index contributed by atoms with van der Waals surface area (Å²) in [6.45, 7) is 3.39. The van der Waals surface area contributed by atoms with E-state index in [1.54, 1.807) is 12.4 Å². The number of aromatic nitrogens is 1. The fraction of sp³-hybridized carbons (Fsp3) is 0.333. The van der Waals surface area contributed by atoms with Gasteiger partial charge in [-0.15, -0.1) is 0 Å². The summed E-state index contributed by atoms with van der Waals surface area (Å²) in [5, 5.41) is 2.92. The summed E-state index contributed by atoms with van der Waals surface area (Å²) in [4.78, 5) is 18.4. The molecule has 0 aliphatic carbocycles. The Morgan fingerprint density at radius 1 is 1.35 bits per heavy atom. The van der Waals surface area contributed by atoms with Gasteiger partial charge in [-0.2, -0.15) is 0 Å². The molecule has 0 spiro atoms. The lowest BCUT2D eigenvalue weighted by molar-refractivity contribution is 0.207. The number of carbonyl (C=O) groups excluding carboxylic acids is 1. The first kappa shape index (κ1) is 15.3. The van der Waals surface area contributed by atoms with Crippen molar-refractivity contribution in [2.24, 2.45) is 0 Å². The molecule has 1 atom stereocenters. The first-order chi connectivity index (χ1) is 11.3. The molecule has 1 aromatic heterocycles. The van der Waals surface area contributed by atoms with Crippen molar-refractivity contribution in [2.75, 3.05) is 18.5 Å². The number of likely N-dealkylation sites (tertiary alicyclic amines) is 1. The normalized spacial score (nSPS) is 17.1. The number of anilines is 1. The molecule has 2 heterocycles. The molecule has 0 saturated carbocycles. The summed E-state index contributed by atoms with van der Waals surface area (Å²) in [5.41, 5.74) is 1.86. The lowest BCUT2D eigenvalue weighted by atomic mass is 10.0. The molecule has 0 unspecified atom stereocenters. The molecular weight excluding hydrogens is 290 g/mol. The number of nitrogens with zero attached hydrogens (tertiary/aromatic N) is 2. The van der Waals surface area contributed by atoms with Crippen LogP contribution in [0.5, 0.6) is 5.75 Å². The third-order valence-corrected chi connectivity index (χ3v) is 4.00. The van der Waals surface area contributed by atoms with Gasteiger partial charge in [-0.1, -0.05) is 12.1 Å². The Bertz CT molecular complexity index is 643. The van der Waals surface area contributed by atoms with E-state index in [1.807, 2.05) is 48.2 Å². The van der Waals surface area contributed by atoms with E-state index in [1.165, 1.54) is 0 Å². The quantitative estimate of drug-likeness (QED) is 0.933. The van der Waals surface area contributed by atoms with Gasteiger partial charge in [0.05, 0.1) is 24.5 Å². The SMILES string of the molecule is CCOc1ccc([C@@H]2CCCN2C(=O)Nc2cccnc2)cc1. The van der Waals surface area contributed by atoms with Crippen LogP contribution < -0.4 is 10.1 Å². The number of pyridine rings is 1. The van der Waals surface area contributed by atoms with Crippen molar-refractivity contribution in [2.45, 2.75) is 25.8 Å². The number of hydrogen-bond acceptors (Lipinski definition) is 3. The molecule has 2 amide bonds. The van der Waals surface area contributed by atoms with Crippen molar-refractivity contribution >= 4 is 11.7 Å². The predicted molar refractivity (Wildman–Crippen MR) is 89.5 cm³/mol. The smallest absolute Gasteiger partial charge is 0.322 e. The molecule has 1 aliphatic rings. The molecule has 1 saturated heterocycles. The number of rotatable bonds is 4. The van der Waals surface area contributed by atoms with Crippen molar-refractivity contribution in [3.05, 3.63) is 54.4 Å². The van der Waals surface area contributed by atoms with E-state index < -0.39 is 0 Å². The van der Waals surface area contributed by atoms with Gasteiger partial charge in [0.2, 0.25) is 0 Å². The minimum atomic E-state index is -0.0746. The highest BCUT2D eigenvalue weighted by atomic mass is 16.5. The second-order valence-corrected chi connectivity index (χ2v) is 5.53. The van der Waals surface area contributed by atoms with E-state index in [2.05, 4.69) is 10.3 Å². The van der Waals surface area contributed by atoms with E-state index in [9.17, 15) is 4.79 Å². The fourth-order valence-electron chi connectivity index (χ4n) is 2.94. The topological polar surface area (TPSA) is 54.5 Å². The Morgan fingerprint density at radius 3 is 2.87 bits per heavy atom. The van der Waals surface area contributed by atoms with Crippen LogP contribution in [0.25, 0.3) is 0 Å². The van der Waals surface area contributed by atoms with E-state index in [-0.39, 0.29) is 12.1 Å². The average Bonchev–Trinajstić information content (AvgIpc) is 3.06. The number of hydrogen-bond donors (Lipinski definition) is 1. The van der Waals surface area contributed by atoms with Gasteiger partial charge in [0.1, 0.15) is 5.75 Å². The fourth-order valence-corrected chi connectivity index (χ4v) is 2.94. The molecular formula is C18H21N3O2. The van der Waals surface area contributed by atoms with Gasteiger partial charge in [-0.25, -0.2) is 4.79 Å². The molecule has 1 fully saturated rings. The molecule has 1 aromatic carbocycles. The highest BCUT2D eigenvalue weighted by molar-refractivity contribution is 5.89. The molecule has 0 radical (unpaired) electrons. The number of benzene rings is 1. The molecule has 1 aliphatic heterocycles. The van der Waals surface area contributed by atoms with Gasteiger partial charge in [0.25, 0.3) is 0 Å². The standard InChI is InChI=1S/C18H21N3O2/c1-2-23-16-9-7-14(8-10-16)17-6-4-12-21(17)18(22)20-15-5-3-11-19-13-15/h3,5,7-11,13,17H,2,4,6,12H2,1H3,(H,20,22)/t17-/m0/s1. The van der Waals surface area contributed by atoms with Crippen LogP contribution >= 0.6 is 0 Å². The Morgan fingerprint density at radius 2 is 2.17 bits per heavy atom. The summed E-state index contributed by atoms with van der Waals surface area (Å²) >= 11 is 0. The zero-order valence-electron chi connectivity index (χ0n) is 13.2. The van der Waals surface area contributed by atoms with Gasteiger partial charge in [0, 0.05) is 12.7 Å². The number of amides is 2. The maximum atomic E-state index is 12.5. The second-order valence-electron chi connectivity index (χ2n) is 5.53. The van der Waals surface area contributed by atoms with Crippen molar-refractivity contribution in [3.63, 3.8) is 0 Å². The summed E-state index contributed by atoms with van der Waals surface area (Å²) < 4.78 is 5.48. The minimum Gasteiger partial charge on any atom is -0.494 e. The van der Waals surface area contributed by atoms with Gasteiger partial charge in [-0.3, -0.25) is 4.98 Å². The summed E-state index contributed by atoms with van der Waals surface area (Å²) in [6, 6.07) is 11.7. The highest BCUT2D eigenvalue weighted by Crippen LogP contribution is 2.33. The largest absolute Gasteiger partial charge is 0.494 e. The Kier molecular flexibility index (Phi) is 4.76. The van der Waals surface area contributed by atoms with Crippen LogP contribution in [0.1, 0.15) is 31.4 Å². The molecule has 3 rings (SSSR count). The van der Waals surface area contributed by atoms with Gasteiger partial charge in [0.15, 0.2) is 0 Å². The lowest BCUT2D eigenvalue weighted by Gasteiger charge is -2.25. The molecule has 1 N–H and O–H groups in total. The van der Waals surface area contributed by atoms with Crippen molar-refractivity contribution in [1.82, 2.24) is 9.88 Å². The van der Waals surface area contributed by atoms with Crippen LogP contribution in [0, 0.1) is 0 Å². The molecule has 0 bridgehead atoms. The number of urea groups is 1. The van der Waals surface area contributed by atoms with Gasteiger partial charge < -0.3 is 15.0 Å². The molecule has 23 heavy (non-hydrogen) atoms. The molecule has 5 heteroatoms. The van der Waals surface area contributed by atoms with E-state index in [0.717, 1.165) is 36.4 Å². The molecule has 2 aromatic rings. The third-order valence-electron chi connectivity index (χ3n) is 4.00. The predicted octanol–water partition coefficient (Wildman–Crippen LogP) is 3.85.